The van der Waals surface area contributed by atoms with E-state index in [4.69, 9.17) is 4.74 Å². The monoisotopic (exact) mass is 1040 g/mol. The van der Waals surface area contributed by atoms with E-state index in [1.165, 1.54) is 295 Å². The summed E-state index contributed by atoms with van der Waals surface area (Å²) in [5.41, 5.74) is 0. The Balaban J connectivity index is 3.42. The van der Waals surface area contributed by atoms with Gasteiger partial charge in [-0.3, -0.25) is 9.59 Å². The molecule has 0 heterocycles. The Hall–Kier alpha value is -1.66. The molecule has 0 aliphatic carbocycles. The van der Waals surface area contributed by atoms with Crippen LogP contribution < -0.4 is 5.32 Å². The second kappa shape index (κ2) is 63.9. The summed E-state index contributed by atoms with van der Waals surface area (Å²) in [5, 5.41) is 23.4. The smallest absolute Gasteiger partial charge is 0.305 e. The van der Waals surface area contributed by atoms with Gasteiger partial charge in [0.15, 0.2) is 0 Å². The van der Waals surface area contributed by atoms with Crippen molar-refractivity contribution in [3.63, 3.8) is 0 Å². The van der Waals surface area contributed by atoms with E-state index in [-0.39, 0.29) is 18.5 Å². The summed E-state index contributed by atoms with van der Waals surface area (Å²) in [5.74, 6) is -0.0380. The molecular formula is C68H131NO5. The van der Waals surface area contributed by atoms with Crippen LogP contribution in [0.15, 0.2) is 24.3 Å². The van der Waals surface area contributed by atoms with Gasteiger partial charge in [-0.15, -0.1) is 0 Å². The molecule has 74 heavy (non-hydrogen) atoms. The lowest BCUT2D eigenvalue weighted by atomic mass is 10.0. The maximum atomic E-state index is 12.5. The number of unbranched alkanes of at least 4 members (excludes halogenated alkanes) is 48. The van der Waals surface area contributed by atoms with E-state index in [2.05, 4.69) is 43.5 Å². The summed E-state index contributed by atoms with van der Waals surface area (Å²) in [4.78, 5) is 24.6. The maximum absolute atomic E-state index is 12.5. The molecule has 0 aliphatic heterocycles. The third-order valence-electron chi connectivity index (χ3n) is 15.7. The second-order valence-electron chi connectivity index (χ2n) is 23.1. The number of aliphatic hydroxyl groups is 2. The number of hydrogen-bond acceptors (Lipinski definition) is 5. The highest BCUT2D eigenvalue weighted by Gasteiger charge is 2.20. The summed E-state index contributed by atoms with van der Waals surface area (Å²) < 4.78 is 5.48. The SMILES string of the molecule is CCCCCCCC/C=C\CCCCCCCC(=O)OCCCCCCCCCCCC/C=C\CCCCCCCCCC(=O)NC(CO)C(O)CCCCCCCCCCCCCCCCCCCCCCC. The molecule has 6 heteroatoms. The minimum atomic E-state index is -0.670. The predicted molar refractivity (Wildman–Crippen MR) is 324 cm³/mol. The highest BCUT2D eigenvalue weighted by molar-refractivity contribution is 5.76. The molecule has 0 aromatic rings. The number of amides is 1. The van der Waals surface area contributed by atoms with E-state index < -0.39 is 12.1 Å². The van der Waals surface area contributed by atoms with E-state index in [0.717, 1.165) is 44.9 Å². The molecule has 1 amide bonds. The van der Waals surface area contributed by atoms with E-state index >= 15 is 0 Å². The first-order chi connectivity index (χ1) is 36.5. The van der Waals surface area contributed by atoms with Gasteiger partial charge in [0, 0.05) is 12.8 Å². The van der Waals surface area contributed by atoms with Crippen LogP contribution in [0.5, 0.6) is 0 Å². The quantitative estimate of drug-likeness (QED) is 0.0320. The van der Waals surface area contributed by atoms with Gasteiger partial charge in [0.25, 0.3) is 0 Å². The summed E-state index contributed by atoms with van der Waals surface area (Å²) in [6, 6.07) is -0.548. The Morgan fingerprint density at radius 1 is 0.365 bits per heavy atom. The van der Waals surface area contributed by atoms with Crippen molar-refractivity contribution in [1.29, 1.82) is 0 Å². The fourth-order valence-electron chi connectivity index (χ4n) is 10.6. The van der Waals surface area contributed by atoms with Crippen molar-refractivity contribution in [3.8, 4) is 0 Å². The summed E-state index contributed by atoms with van der Waals surface area (Å²) in [7, 11) is 0. The zero-order valence-corrected chi connectivity index (χ0v) is 50.1. The number of hydrogen-bond donors (Lipinski definition) is 3. The molecule has 0 bridgehead atoms. The fourth-order valence-corrected chi connectivity index (χ4v) is 10.6. The van der Waals surface area contributed by atoms with E-state index in [1.54, 1.807) is 0 Å². The van der Waals surface area contributed by atoms with Crippen molar-refractivity contribution in [2.75, 3.05) is 13.2 Å². The van der Waals surface area contributed by atoms with Crippen molar-refractivity contribution >= 4 is 11.9 Å². The van der Waals surface area contributed by atoms with Gasteiger partial charge in [-0.25, -0.2) is 0 Å². The summed E-state index contributed by atoms with van der Waals surface area (Å²) >= 11 is 0. The number of esters is 1. The third-order valence-corrected chi connectivity index (χ3v) is 15.7. The highest BCUT2D eigenvalue weighted by atomic mass is 16.5. The number of allylic oxidation sites excluding steroid dienone is 4. The van der Waals surface area contributed by atoms with Gasteiger partial charge in [-0.05, 0) is 77.0 Å². The Bertz CT molecular complexity index is 1150. The van der Waals surface area contributed by atoms with E-state index in [9.17, 15) is 19.8 Å². The Labute approximate surface area is 462 Å². The molecule has 438 valence electrons. The predicted octanol–water partition coefficient (Wildman–Crippen LogP) is 21.4. The number of ether oxygens (including phenoxy) is 1. The number of rotatable bonds is 63. The van der Waals surface area contributed by atoms with E-state index in [0.29, 0.717) is 25.9 Å². The first-order valence-electron chi connectivity index (χ1n) is 33.6. The molecule has 2 unspecified atom stereocenters. The lowest BCUT2D eigenvalue weighted by molar-refractivity contribution is -0.143. The largest absolute Gasteiger partial charge is 0.466 e. The minimum absolute atomic E-state index is 0.00110. The van der Waals surface area contributed by atoms with Gasteiger partial charge in [-0.2, -0.15) is 0 Å². The second-order valence-corrected chi connectivity index (χ2v) is 23.1. The van der Waals surface area contributed by atoms with Crippen molar-refractivity contribution in [3.05, 3.63) is 24.3 Å². The molecule has 0 aromatic heterocycles. The number of carbonyl (C=O) groups excluding carboxylic acids is 2. The molecule has 0 saturated heterocycles. The zero-order valence-electron chi connectivity index (χ0n) is 50.1. The van der Waals surface area contributed by atoms with Gasteiger partial charge in [0.1, 0.15) is 0 Å². The van der Waals surface area contributed by atoms with Crippen molar-refractivity contribution in [2.45, 2.75) is 386 Å². The van der Waals surface area contributed by atoms with Crippen LogP contribution in [0.25, 0.3) is 0 Å². The first-order valence-corrected chi connectivity index (χ1v) is 33.6. The van der Waals surface area contributed by atoms with Crippen LogP contribution in [-0.2, 0) is 14.3 Å². The normalized spacial score (nSPS) is 12.6. The molecule has 0 aliphatic rings. The van der Waals surface area contributed by atoms with Crippen molar-refractivity contribution < 1.29 is 24.5 Å². The molecule has 2 atom stereocenters. The van der Waals surface area contributed by atoms with Crippen LogP contribution in [0.2, 0.25) is 0 Å². The average Bonchev–Trinajstić information content (AvgIpc) is 3.40. The van der Waals surface area contributed by atoms with Gasteiger partial charge in [-0.1, -0.05) is 308 Å². The lowest BCUT2D eigenvalue weighted by Gasteiger charge is -2.22. The van der Waals surface area contributed by atoms with Crippen molar-refractivity contribution in [1.82, 2.24) is 5.32 Å². The van der Waals surface area contributed by atoms with Gasteiger partial charge < -0.3 is 20.3 Å². The molecule has 0 saturated carbocycles. The van der Waals surface area contributed by atoms with Crippen LogP contribution in [0.1, 0.15) is 373 Å². The third kappa shape index (κ3) is 59.6. The van der Waals surface area contributed by atoms with Gasteiger partial charge in [0.2, 0.25) is 5.91 Å². The molecule has 3 N–H and O–H groups in total. The molecule has 0 aromatic carbocycles. The molecular weight excluding hydrogens is 911 g/mol. The van der Waals surface area contributed by atoms with E-state index in [1.807, 2.05) is 0 Å². The summed E-state index contributed by atoms with van der Waals surface area (Å²) in [6.07, 6.45) is 79.1. The highest BCUT2D eigenvalue weighted by Crippen LogP contribution is 2.18. The van der Waals surface area contributed by atoms with Gasteiger partial charge in [0.05, 0.1) is 25.4 Å². The fraction of sp³-hybridized carbons (Fsp3) is 0.912. The topological polar surface area (TPSA) is 95.9 Å². The number of nitrogens with one attached hydrogen (secondary N) is 1. The molecule has 0 fully saturated rings. The summed E-state index contributed by atoms with van der Waals surface area (Å²) in [6.45, 7) is 4.97. The van der Waals surface area contributed by atoms with Crippen LogP contribution in [0.3, 0.4) is 0 Å². The van der Waals surface area contributed by atoms with Crippen LogP contribution in [0.4, 0.5) is 0 Å². The molecule has 0 rings (SSSR count). The Morgan fingerprint density at radius 2 is 0.635 bits per heavy atom. The Kier molecular flexibility index (Phi) is 62.4. The molecule has 6 nitrogen and oxygen atoms in total. The molecule has 0 radical (unpaired) electrons. The zero-order chi connectivity index (χ0) is 53.6. The van der Waals surface area contributed by atoms with Gasteiger partial charge >= 0.3 is 5.97 Å². The maximum Gasteiger partial charge on any atom is 0.305 e. The van der Waals surface area contributed by atoms with Crippen LogP contribution in [0, 0.1) is 0 Å². The minimum Gasteiger partial charge on any atom is -0.466 e. The van der Waals surface area contributed by atoms with Crippen LogP contribution >= 0.6 is 0 Å². The average molecular weight is 1040 g/mol. The van der Waals surface area contributed by atoms with Crippen molar-refractivity contribution in [2.24, 2.45) is 0 Å². The standard InChI is InChI=1S/C68H131NO5/c1-3-5-7-9-11-13-15-17-19-20-21-23-26-29-33-36-40-44-48-52-56-60-66(71)65(64-70)69-67(72)61-57-53-49-45-41-37-34-30-27-24-22-25-28-31-35-39-43-47-51-55-59-63-74-68(73)62-58-54-50-46-42-38-32-18-16-14-12-10-8-6-4-2/h18,24,27,32,65-66,70-71H,3-17,19-23,25-26,28-31,33-64H2,1-2H3,(H,69,72)/b27-24-,32-18-. The molecule has 0 spiro atoms. The Morgan fingerprint density at radius 3 is 0.959 bits per heavy atom. The number of aliphatic hydroxyl groups excluding tert-OH is 2. The number of carbonyl (C=O) groups is 2. The first kappa shape index (κ1) is 72.3. The lowest BCUT2D eigenvalue weighted by Crippen LogP contribution is -2.45. The van der Waals surface area contributed by atoms with Crippen LogP contribution in [-0.4, -0.2) is 47.4 Å².